The molecule has 1 aromatic carbocycles. The summed E-state index contributed by atoms with van der Waals surface area (Å²) in [6.45, 7) is 1.91. The molecular formula is C11H12Cl2N2O. The minimum absolute atomic E-state index is 0.0100. The van der Waals surface area contributed by atoms with E-state index in [2.05, 4.69) is 0 Å². The Morgan fingerprint density at radius 3 is 2.69 bits per heavy atom. The molecule has 2 unspecified atom stereocenters. The highest BCUT2D eigenvalue weighted by atomic mass is 35.5. The van der Waals surface area contributed by atoms with Gasteiger partial charge in [-0.3, -0.25) is 4.79 Å². The van der Waals surface area contributed by atoms with Crippen LogP contribution in [-0.2, 0) is 4.79 Å². The van der Waals surface area contributed by atoms with Crippen LogP contribution >= 0.6 is 23.2 Å². The minimum atomic E-state index is -0.150. The predicted octanol–water partition coefficient (Wildman–Crippen LogP) is 2.45. The lowest BCUT2D eigenvalue weighted by Gasteiger charge is -2.24. The second-order valence-corrected chi connectivity index (χ2v) is 4.73. The number of carbonyl (C=O) groups is 1. The summed E-state index contributed by atoms with van der Waals surface area (Å²) in [5.41, 5.74) is 6.48. The molecule has 0 spiro atoms. The predicted molar refractivity (Wildman–Crippen MR) is 66.0 cm³/mol. The highest BCUT2D eigenvalue weighted by molar-refractivity contribution is 6.44. The number of nitrogens with two attached hydrogens (primary N) is 1. The van der Waals surface area contributed by atoms with Gasteiger partial charge in [0.2, 0.25) is 5.91 Å². The van der Waals surface area contributed by atoms with Crippen molar-refractivity contribution in [3.05, 3.63) is 28.2 Å². The van der Waals surface area contributed by atoms with Gasteiger partial charge in [-0.25, -0.2) is 0 Å². The van der Waals surface area contributed by atoms with Crippen LogP contribution in [0.2, 0.25) is 10.0 Å². The zero-order valence-electron chi connectivity index (χ0n) is 8.78. The topological polar surface area (TPSA) is 46.3 Å². The molecule has 1 heterocycles. The summed E-state index contributed by atoms with van der Waals surface area (Å²) in [6, 6.07) is 5.04. The van der Waals surface area contributed by atoms with Gasteiger partial charge in [-0.05, 0) is 19.1 Å². The number of benzene rings is 1. The third-order valence-corrected chi connectivity index (χ3v) is 3.71. The monoisotopic (exact) mass is 258 g/mol. The maximum Gasteiger partial charge on any atom is 0.228 e. The average Bonchev–Trinajstić information content (AvgIpc) is 2.47. The van der Waals surface area contributed by atoms with Crippen LogP contribution in [0.1, 0.15) is 13.3 Å². The number of nitrogens with zero attached hydrogens (tertiary/aromatic N) is 1. The summed E-state index contributed by atoms with van der Waals surface area (Å²) >= 11 is 12.0. The van der Waals surface area contributed by atoms with Crippen molar-refractivity contribution in [2.75, 3.05) is 4.90 Å². The number of hydrogen-bond acceptors (Lipinski definition) is 2. The SMILES string of the molecule is CC1C(N)CC(=O)N1c1cccc(Cl)c1Cl. The summed E-state index contributed by atoms with van der Waals surface area (Å²) in [5, 5.41) is 0.845. The molecule has 0 saturated carbocycles. The van der Waals surface area contributed by atoms with E-state index in [9.17, 15) is 4.79 Å². The van der Waals surface area contributed by atoms with Gasteiger partial charge in [0.25, 0.3) is 0 Å². The van der Waals surface area contributed by atoms with E-state index >= 15 is 0 Å². The Bertz CT molecular complexity index is 436. The van der Waals surface area contributed by atoms with Gasteiger partial charge < -0.3 is 10.6 Å². The average molecular weight is 259 g/mol. The van der Waals surface area contributed by atoms with E-state index in [0.29, 0.717) is 22.2 Å². The van der Waals surface area contributed by atoms with Gasteiger partial charge in [0.1, 0.15) is 0 Å². The number of halogens is 2. The second-order valence-electron chi connectivity index (χ2n) is 3.95. The number of amides is 1. The van der Waals surface area contributed by atoms with Crippen LogP contribution in [0.15, 0.2) is 18.2 Å². The molecule has 0 bridgehead atoms. The normalized spacial score (nSPS) is 25.2. The number of carbonyl (C=O) groups excluding carboxylic acids is 1. The fourth-order valence-corrected chi connectivity index (χ4v) is 2.31. The van der Waals surface area contributed by atoms with Crippen molar-refractivity contribution in [2.24, 2.45) is 5.73 Å². The quantitative estimate of drug-likeness (QED) is 0.841. The first-order valence-corrected chi connectivity index (χ1v) is 5.79. The lowest BCUT2D eigenvalue weighted by atomic mass is 10.1. The third-order valence-electron chi connectivity index (χ3n) is 2.90. The Kier molecular flexibility index (Phi) is 3.10. The van der Waals surface area contributed by atoms with Crippen LogP contribution in [0.25, 0.3) is 0 Å². The molecule has 0 aliphatic carbocycles. The second kappa shape index (κ2) is 4.24. The molecule has 5 heteroatoms. The summed E-state index contributed by atoms with van der Waals surface area (Å²) in [6.07, 6.45) is 0.351. The molecule has 86 valence electrons. The molecule has 2 rings (SSSR count). The first-order valence-electron chi connectivity index (χ1n) is 5.04. The molecule has 2 atom stereocenters. The fraction of sp³-hybridized carbons (Fsp3) is 0.364. The molecule has 2 N–H and O–H groups in total. The molecule has 1 amide bonds. The zero-order chi connectivity index (χ0) is 11.9. The van der Waals surface area contributed by atoms with Crippen molar-refractivity contribution in [1.29, 1.82) is 0 Å². The van der Waals surface area contributed by atoms with E-state index in [4.69, 9.17) is 28.9 Å². The van der Waals surface area contributed by atoms with Gasteiger partial charge in [0, 0.05) is 18.5 Å². The van der Waals surface area contributed by atoms with Gasteiger partial charge in [0.15, 0.2) is 0 Å². The molecule has 1 fully saturated rings. The summed E-state index contributed by atoms with van der Waals surface area (Å²) in [4.78, 5) is 13.4. The number of anilines is 1. The van der Waals surface area contributed by atoms with Crippen molar-refractivity contribution in [3.8, 4) is 0 Å². The molecule has 1 aliphatic rings. The Hall–Kier alpha value is -0.770. The van der Waals surface area contributed by atoms with E-state index < -0.39 is 0 Å². The van der Waals surface area contributed by atoms with Crippen LogP contribution in [0.4, 0.5) is 5.69 Å². The zero-order valence-corrected chi connectivity index (χ0v) is 10.3. The Balaban J connectivity index is 2.44. The van der Waals surface area contributed by atoms with Crippen LogP contribution in [0.5, 0.6) is 0 Å². The van der Waals surface area contributed by atoms with Crippen molar-refractivity contribution in [3.63, 3.8) is 0 Å². The molecule has 1 aliphatic heterocycles. The molecular weight excluding hydrogens is 247 g/mol. The fourth-order valence-electron chi connectivity index (χ4n) is 1.92. The molecule has 1 saturated heterocycles. The first-order chi connectivity index (χ1) is 7.52. The summed E-state index contributed by atoms with van der Waals surface area (Å²) in [5.74, 6) is -0.0100. The van der Waals surface area contributed by atoms with Crippen molar-refractivity contribution in [2.45, 2.75) is 25.4 Å². The van der Waals surface area contributed by atoms with E-state index in [0.717, 1.165) is 0 Å². The molecule has 0 aromatic heterocycles. The number of hydrogen-bond donors (Lipinski definition) is 1. The first kappa shape index (κ1) is 11.7. The minimum Gasteiger partial charge on any atom is -0.325 e. The van der Waals surface area contributed by atoms with Gasteiger partial charge in [-0.2, -0.15) is 0 Å². The largest absolute Gasteiger partial charge is 0.325 e. The standard InChI is InChI=1S/C11H12Cl2N2O/c1-6-8(14)5-10(16)15(6)9-4-2-3-7(12)11(9)13/h2-4,6,8H,5,14H2,1H3. The highest BCUT2D eigenvalue weighted by Gasteiger charge is 2.36. The van der Waals surface area contributed by atoms with Crippen LogP contribution in [-0.4, -0.2) is 18.0 Å². The highest BCUT2D eigenvalue weighted by Crippen LogP contribution is 2.36. The Morgan fingerprint density at radius 1 is 1.44 bits per heavy atom. The lowest BCUT2D eigenvalue weighted by Crippen LogP contribution is -2.38. The van der Waals surface area contributed by atoms with Crippen LogP contribution in [0.3, 0.4) is 0 Å². The third kappa shape index (κ3) is 1.79. The molecule has 16 heavy (non-hydrogen) atoms. The molecule has 0 radical (unpaired) electrons. The van der Waals surface area contributed by atoms with E-state index in [-0.39, 0.29) is 18.0 Å². The van der Waals surface area contributed by atoms with E-state index in [1.807, 2.05) is 6.92 Å². The maximum absolute atomic E-state index is 11.8. The van der Waals surface area contributed by atoms with Crippen molar-refractivity contribution < 1.29 is 4.79 Å². The van der Waals surface area contributed by atoms with Gasteiger partial charge in [-0.1, -0.05) is 29.3 Å². The summed E-state index contributed by atoms with van der Waals surface area (Å²) in [7, 11) is 0. The van der Waals surface area contributed by atoms with Crippen LogP contribution < -0.4 is 10.6 Å². The molecule has 1 aromatic rings. The summed E-state index contributed by atoms with van der Waals surface area (Å²) < 4.78 is 0. The van der Waals surface area contributed by atoms with Gasteiger partial charge in [-0.15, -0.1) is 0 Å². The van der Waals surface area contributed by atoms with E-state index in [1.165, 1.54) is 0 Å². The van der Waals surface area contributed by atoms with Crippen molar-refractivity contribution >= 4 is 34.8 Å². The maximum atomic E-state index is 11.8. The lowest BCUT2D eigenvalue weighted by molar-refractivity contribution is -0.117. The van der Waals surface area contributed by atoms with Gasteiger partial charge >= 0.3 is 0 Å². The van der Waals surface area contributed by atoms with Crippen LogP contribution in [0, 0.1) is 0 Å². The smallest absolute Gasteiger partial charge is 0.228 e. The van der Waals surface area contributed by atoms with Gasteiger partial charge in [0.05, 0.1) is 15.7 Å². The Labute approximate surface area is 104 Å². The van der Waals surface area contributed by atoms with Crippen molar-refractivity contribution in [1.82, 2.24) is 0 Å². The Morgan fingerprint density at radius 2 is 2.12 bits per heavy atom. The molecule has 3 nitrogen and oxygen atoms in total. The van der Waals surface area contributed by atoms with E-state index in [1.54, 1.807) is 23.1 Å². The number of rotatable bonds is 1.